The van der Waals surface area contributed by atoms with Crippen LogP contribution in [0.3, 0.4) is 0 Å². The maximum Gasteiger partial charge on any atom is 0.408 e. The highest BCUT2D eigenvalue weighted by Gasteiger charge is 2.31. The molecule has 0 aliphatic heterocycles. The molecule has 0 saturated carbocycles. The van der Waals surface area contributed by atoms with Gasteiger partial charge in [0.05, 0.1) is 7.11 Å². The number of phenolic OH excluding ortho intramolecular Hbond substituents is 1. The van der Waals surface area contributed by atoms with Crippen LogP contribution < -0.4 is 10.6 Å². The number of alkyl carbamates (subject to hydrolysis) is 1. The second kappa shape index (κ2) is 11.8. The van der Waals surface area contributed by atoms with Crippen LogP contribution in [-0.4, -0.2) is 66.2 Å². The summed E-state index contributed by atoms with van der Waals surface area (Å²) < 4.78 is 9.66. The Hall–Kier alpha value is -3.30. The van der Waals surface area contributed by atoms with Gasteiger partial charge in [-0.25, -0.2) is 4.79 Å². The van der Waals surface area contributed by atoms with Crippen molar-refractivity contribution < 1.29 is 33.8 Å². The van der Waals surface area contributed by atoms with Gasteiger partial charge >= 0.3 is 12.1 Å². The number of rotatable bonds is 9. The van der Waals surface area contributed by atoms with E-state index in [0.717, 1.165) is 0 Å². The number of methoxy groups -OCH3 is 1. The standard InChI is InChI=1S/C21H31N3O7/c1-6-11-24(16(26)12-23-20(29)31-21(2,3)4)18(14-7-9-15(25)10-8-14)19(28)22-13-17(27)30-5/h7-10,18,25H,6,11-13H2,1-5H3,(H,22,28)(H,23,29). The van der Waals surface area contributed by atoms with Crippen molar-refractivity contribution >= 4 is 23.9 Å². The molecule has 0 spiro atoms. The van der Waals surface area contributed by atoms with Gasteiger partial charge < -0.3 is 30.1 Å². The molecule has 1 aromatic rings. The van der Waals surface area contributed by atoms with Gasteiger partial charge in [0, 0.05) is 6.54 Å². The minimum absolute atomic E-state index is 0.00238. The summed E-state index contributed by atoms with van der Waals surface area (Å²) in [6.45, 7) is 6.40. The first-order valence-electron chi connectivity index (χ1n) is 9.88. The number of benzene rings is 1. The van der Waals surface area contributed by atoms with Crippen LogP contribution in [0.5, 0.6) is 5.75 Å². The number of carbonyl (C=O) groups excluding carboxylic acids is 4. The number of nitrogens with zero attached hydrogens (tertiary/aromatic N) is 1. The smallest absolute Gasteiger partial charge is 0.408 e. The average Bonchev–Trinajstić information content (AvgIpc) is 2.69. The van der Waals surface area contributed by atoms with Crippen LogP contribution in [0, 0.1) is 0 Å². The lowest BCUT2D eigenvalue weighted by atomic mass is 10.0. The predicted molar refractivity (Wildman–Crippen MR) is 112 cm³/mol. The van der Waals surface area contributed by atoms with Gasteiger partial charge in [-0.15, -0.1) is 0 Å². The molecule has 3 N–H and O–H groups in total. The zero-order valence-electron chi connectivity index (χ0n) is 18.6. The first-order chi connectivity index (χ1) is 14.5. The van der Waals surface area contributed by atoms with E-state index in [9.17, 15) is 24.3 Å². The Labute approximate surface area is 181 Å². The SMILES string of the molecule is CCCN(C(=O)CNC(=O)OC(C)(C)C)C(C(=O)NCC(=O)OC)c1ccc(O)cc1. The summed E-state index contributed by atoms with van der Waals surface area (Å²) in [6.07, 6.45) is -0.217. The summed E-state index contributed by atoms with van der Waals surface area (Å²) in [6, 6.07) is 4.72. The molecular formula is C21H31N3O7. The van der Waals surface area contributed by atoms with E-state index in [1.807, 2.05) is 6.92 Å². The molecule has 1 aromatic carbocycles. The number of hydrogen-bond acceptors (Lipinski definition) is 7. The van der Waals surface area contributed by atoms with Crippen LogP contribution in [0.1, 0.15) is 45.7 Å². The summed E-state index contributed by atoms with van der Waals surface area (Å²) in [7, 11) is 1.20. The lowest BCUT2D eigenvalue weighted by Gasteiger charge is -2.31. The van der Waals surface area contributed by atoms with Crippen molar-refractivity contribution in [3.05, 3.63) is 29.8 Å². The molecule has 31 heavy (non-hydrogen) atoms. The highest BCUT2D eigenvalue weighted by molar-refractivity contribution is 5.91. The largest absolute Gasteiger partial charge is 0.508 e. The third-order valence-corrected chi connectivity index (χ3v) is 3.97. The van der Waals surface area contributed by atoms with Gasteiger partial charge in [0.2, 0.25) is 11.8 Å². The molecule has 0 bridgehead atoms. The number of ether oxygens (including phenoxy) is 2. The van der Waals surface area contributed by atoms with Crippen molar-refractivity contribution in [3.63, 3.8) is 0 Å². The van der Waals surface area contributed by atoms with Gasteiger partial charge in [0.1, 0.15) is 30.5 Å². The molecule has 1 atom stereocenters. The van der Waals surface area contributed by atoms with E-state index >= 15 is 0 Å². The molecule has 0 fully saturated rings. The predicted octanol–water partition coefficient (Wildman–Crippen LogP) is 1.49. The van der Waals surface area contributed by atoms with E-state index in [1.165, 1.54) is 36.3 Å². The number of carbonyl (C=O) groups is 4. The van der Waals surface area contributed by atoms with Crippen LogP contribution in [-0.2, 0) is 23.9 Å². The molecule has 0 radical (unpaired) electrons. The van der Waals surface area contributed by atoms with Crippen LogP contribution in [0.15, 0.2) is 24.3 Å². The van der Waals surface area contributed by atoms with Crippen molar-refractivity contribution in [3.8, 4) is 5.75 Å². The fraction of sp³-hybridized carbons (Fsp3) is 0.524. The Morgan fingerprint density at radius 1 is 1.06 bits per heavy atom. The molecule has 1 rings (SSSR count). The van der Waals surface area contributed by atoms with Crippen LogP contribution in [0.25, 0.3) is 0 Å². The summed E-state index contributed by atoms with van der Waals surface area (Å²) in [5.41, 5.74) is -0.294. The second-order valence-corrected chi connectivity index (χ2v) is 7.73. The van der Waals surface area contributed by atoms with E-state index in [1.54, 1.807) is 20.8 Å². The summed E-state index contributed by atoms with van der Waals surface area (Å²) in [5, 5.41) is 14.4. The van der Waals surface area contributed by atoms with Crippen LogP contribution in [0.4, 0.5) is 4.79 Å². The van der Waals surface area contributed by atoms with Crippen molar-refractivity contribution in [2.45, 2.75) is 45.8 Å². The number of aromatic hydroxyl groups is 1. The second-order valence-electron chi connectivity index (χ2n) is 7.73. The lowest BCUT2D eigenvalue weighted by molar-refractivity contribution is -0.143. The third kappa shape index (κ3) is 8.93. The molecule has 10 heteroatoms. The van der Waals surface area contributed by atoms with E-state index in [-0.39, 0.29) is 25.4 Å². The van der Waals surface area contributed by atoms with E-state index < -0.39 is 35.5 Å². The van der Waals surface area contributed by atoms with Gasteiger partial charge in [-0.3, -0.25) is 14.4 Å². The van der Waals surface area contributed by atoms with E-state index in [2.05, 4.69) is 15.4 Å². The fourth-order valence-corrected chi connectivity index (χ4v) is 2.66. The number of phenols is 1. The van der Waals surface area contributed by atoms with Gasteiger partial charge in [-0.05, 0) is 44.9 Å². The molecule has 10 nitrogen and oxygen atoms in total. The molecule has 172 valence electrons. The highest BCUT2D eigenvalue weighted by atomic mass is 16.6. The topological polar surface area (TPSA) is 134 Å². The number of esters is 1. The summed E-state index contributed by atoms with van der Waals surface area (Å²) in [4.78, 5) is 50.5. The fourth-order valence-electron chi connectivity index (χ4n) is 2.66. The third-order valence-electron chi connectivity index (χ3n) is 3.97. The molecule has 3 amide bonds. The number of hydrogen-bond donors (Lipinski definition) is 3. The van der Waals surface area contributed by atoms with Crippen LogP contribution >= 0.6 is 0 Å². The molecule has 0 aromatic heterocycles. The number of nitrogens with one attached hydrogen (secondary N) is 2. The summed E-state index contributed by atoms with van der Waals surface area (Å²) >= 11 is 0. The first kappa shape index (κ1) is 25.7. The van der Waals surface area contributed by atoms with Crippen molar-refractivity contribution in [1.29, 1.82) is 0 Å². The van der Waals surface area contributed by atoms with Gasteiger partial charge in [0.15, 0.2) is 0 Å². The molecule has 0 heterocycles. The minimum Gasteiger partial charge on any atom is -0.508 e. The Morgan fingerprint density at radius 2 is 1.68 bits per heavy atom. The highest BCUT2D eigenvalue weighted by Crippen LogP contribution is 2.24. The Bertz CT molecular complexity index is 772. The van der Waals surface area contributed by atoms with Crippen LogP contribution in [0.2, 0.25) is 0 Å². The Kier molecular flexibility index (Phi) is 9.78. The quantitative estimate of drug-likeness (QED) is 0.498. The Balaban J connectivity index is 3.09. The van der Waals surface area contributed by atoms with Crippen molar-refractivity contribution in [2.75, 3.05) is 26.7 Å². The zero-order chi connectivity index (χ0) is 23.6. The lowest BCUT2D eigenvalue weighted by Crippen LogP contribution is -2.48. The maximum absolute atomic E-state index is 12.9. The van der Waals surface area contributed by atoms with Crippen molar-refractivity contribution in [1.82, 2.24) is 15.5 Å². The maximum atomic E-state index is 12.9. The summed E-state index contributed by atoms with van der Waals surface area (Å²) in [5.74, 6) is -1.76. The molecular weight excluding hydrogens is 406 g/mol. The van der Waals surface area contributed by atoms with Gasteiger partial charge in [-0.2, -0.15) is 0 Å². The van der Waals surface area contributed by atoms with E-state index in [4.69, 9.17) is 4.74 Å². The van der Waals surface area contributed by atoms with E-state index in [0.29, 0.717) is 12.0 Å². The number of amides is 3. The van der Waals surface area contributed by atoms with Crippen molar-refractivity contribution in [2.24, 2.45) is 0 Å². The average molecular weight is 437 g/mol. The van der Waals surface area contributed by atoms with Gasteiger partial charge in [-0.1, -0.05) is 19.1 Å². The molecule has 0 saturated heterocycles. The minimum atomic E-state index is -1.09. The zero-order valence-corrected chi connectivity index (χ0v) is 18.6. The van der Waals surface area contributed by atoms with Gasteiger partial charge in [0.25, 0.3) is 0 Å². The molecule has 0 aliphatic carbocycles. The first-order valence-corrected chi connectivity index (χ1v) is 9.88. The molecule has 0 aliphatic rings. The normalized spacial score (nSPS) is 11.8. The Morgan fingerprint density at radius 3 is 2.19 bits per heavy atom. The monoisotopic (exact) mass is 437 g/mol. The molecule has 1 unspecified atom stereocenters.